The Hall–Kier alpha value is -1.55. The van der Waals surface area contributed by atoms with E-state index in [1.165, 1.54) is 0 Å². The van der Waals surface area contributed by atoms with Crippen LogP contribution in [0.25, 0.3) is 10.9 Å². The van der Waals surface area contributed by atoms with Crippen molar-refractivity contribution < 1.29 is 9.47 Å². The highest BCUT2D eigenvalue weighted by atomic mass is 35.5. The number of rotatable bonds is 3. The van der Waals surface area contributed by atoms with E-state index < -0.39 is 0 Å². The van der Waals surface area contributed by atoms with Gasteiger partial charge in [-0.05, 0) is 25.0 Å². The van der Waals surface area contributed by atoms with Crippen molar-refractivity contribution >= 4 is 22.5 Å². The van der Waals surface area contributed by atoms with Gasteiger partial charge in [0.2, 0.25) is 5.88 Å². The molecule has 17 heavy (non-hydrogen) atoms. The first-order valence-electron chi connectivity index (χ1n) is 5.45. The van der Waals surface area contributed by atoms with Gasteiger partial charge in [-0.1, -0.05) is 17.7 Å². The molecule has 0 amide bonds. The Morgan fingerprint density at radius 3 is 2.82 bits per heavy atom. The maximum absolute atomic E-state index is 6.11. The molecule has 0 spiro atoms. The lowest BCUT2D eigenvalue weighted by atomic mass is 10.2. The minimum absolute atomic E-state index is 0.250. The molecule has 0 bridgehead atoms. The molecule has 3 rings (SSSR count). The summed E-state index contributed by atoms with van der Waals surface area (Å²) >= 11 is 6.11. The fraction of sp³-hybridized carbons (Fsp3) is 0.333. The summed E-state index contributed by atoms with van der Waals surface area (Å²) in [6.07, 6.45) is 2.37. The van der Waals surface area contributed by atoms with Gasteiger partial charge in [0.05, 0.1) is 23.0 Å². The Balaban J connectivity index is 2.15. The number of benzene rings is 1. The zero-order chi connectivity index (χ0) is 11.8. The average molecular weight is 251 g/mol. The van der Waals surface area contributed by atoms with Crippen LogP contribution in [-0.2, 0) is 0 Å². The van der Waals surface area contributed by atoms with E-state index in [-0.39, 0.29) is 6.10 Å². The van der Waals surface area contributed by atoms with Crippen molar-refractivity contribution in [2.24, 2.45) is 0 Å². The Labute approximate surface area is 104 Å². The summed E-state index contributed by atoms with van der Waals surface area (Å²) in [5.41, 5.74) is 0.664. The van der Waals surface area contributed by atoms with Crippen LogP contribution in [0.4, 0.5) is 0 Å². The predicted octanol–water partition coefficient (Wildman–Crippen LogP) is 2.83. The van der Waals surface area contributed by atoms with E-state index in [2.05, 4.69) is 9.97 Å². The van der Waals surface area contributed by atoms with E-state index in [9.17, 15) is 0 Å². The number of hydrogen-bond acceptors (Lipinski definition) is 4. The van der Waals surface area contributed by atoms with Crippen molar-refractivity contribution in [3.63, 3.8) is 0 Å². The van der Waals surface area contributed by atoms with Crippen LogP contribution in [0.5, 0.6) is 11.9 Å². The zero-order valence-electron chi connectivity index (χ0n) is 9.31. The fourth-order valence-electron chi connectivity index (χ4n) is 1.61. The number of methoxy groups -OCH3 is 1. The maximum Gasteiger partial charge on any atom is 0.320 e. The lowest BCUT2D eigenvalue weighted by molar-refractivity contribution is 0.273. The van der Waals surface area contributed by atoms with Gasteiger partial charge in [-0.3, -0.25) is 0 Å². The lowest BCUT2D eigenvalue weighted by Gasteiger charge is -2.08. The second-order valence-corrected chi connectivity index (χ2v) is 4.38. The number of nitrogens with zero attached hydrogens (tertiary/aromatic N) is 2. The van der Waals surface area contributed by atoms with E-state index >= 15 is 0 Å². The van der Waals surface area contributed by atoms with Crippen molar-refractivity contribution in [2.45, 2.75) is 18.9 Å². The summed E-state index contributed by atoms with van der Waals surface area (Å²) in [7, 11) is 1.57. The first-order valence-corrected chi connectivity index (χ1v) is 5.82. The van der Waals surface area contributed by atoms with E-state index in [0.717, 1.165) is 18.2 Å². The second kappa shape index (κ2) is 4.04. The van der Waals surface area contributed by atoms with Gasteiger partial charge in [-0.25, -0.2) is 0 Å². The Kier molecular flexibility index (Phi) is 2.52. The molecule has 4 nitrogen and oxygen atoms in total. The van der Waals surface area contributed by atoms with Crippen molar-refractivity contribution in [1.82, 2.24) is 9.97 Å². The highest BCUT2D eigenvalue weighted by Crippen LogP contribution is 2.31. The minimum atomic E-state index is 0.250. The normalized spacial score (nSPS) is 14.9. The number of fused-ring (bicyclic) bond motifs is 1. The van der Waals surface area contributed by atoms with Gasteiger partial charge in [0, 0.05) is 0 Å². The van der Waals surface area contributed by atoms with Crippen molar-refractivity contribution in [2.75, 3.05) is 7.11 Å². The predicted molar refractivity (Wildman–Crippen MR) is 64.8 cm³/mol. The molecule has 1 aliphatic carbocycles. The highest BCUT2D eigenvalue weighted by molar-refractivity contribution is 6.35. The van der Waals surface area contributed by atoms with Gasteiger partial charge in [-0.15, -0.1) is 0 Å². The molecule has 5 heteroatoms. The number of halogens is 1. The van der Waals surface area contributed by atoms with Crippen molar-refractivity contribution in [1.29, 1.82) is 0 Å². The van der Waals surface area contributed by atoms with Crippen LogP contribution in [0.15, 0.2) is 18.2 Å². The zero-order valence-corrected chi connectivity index (χ0v) is 10.1. The molecule has 1 saturated carbocycles. The molecule has 1 aromatic heterocycles. The number of para-hydroxylation sites is 1. The molecule has 88 valence electrons. The summed E-state index contributed by atoms with van der Waals surface area (Å²) in [4.78, 5) is 8.54. The molecule has 0 atom stereocenters. The smallest absolute Gasteiger partial charge is 0.320 e. The average Bonchev–Trinajstić information content (AvgIpc) is 3.13. The second-order valence-electron chi connectivity index (χ2n) is 3.97. The quantitative estimate of drug-likeness (QED) is 0.840. The van der Waals surface area contributed by atoms with Crippen LogP contribution in [0, 0.1) is 0 Å². The largest absolute Gasteiger partial charge is 0.480 e. The van der Waals surface area contributed by atoms with E-state index in [4.69, 9.17) is 21.1 Å². The van der Waals surface area contributed by atoms with Gasteiger partial charge in [0.15, 0.2) is 0 Å². The standard InChI is InChI=1S/C12H11ClN2O2/c1-16-11-8-3-2-4-9(13)10(8)14-12(15-11)17-7-5-6-7/h2-4,7H,5-6H2,1H3. The minimum Gasteiger partial charge on any atom is -0.480 e. The molecule has 0 saturated heterocycles. The molecule has 1 heterocycles. The molecule has 0 N–H and O–H groups in total. The number of aromatic nitrogens is 2. The van der Waals surface area contributed by atoms with Crippen molar-refractivity contribution in [3.8, 4) is 11.9 Å². The molecule has 2 aromatic rings. The molecule has 0 radical (unpaired) electrons. The highest BCUT2D eigenvalue weighted by Gasteiger charge is 2.25. The third-order valence-electron chi connectivity index (χ3n) is 2.61. The first kappa shape index (κ1) is 10.6. The molecule has 1 fully saturated rings. The monoisotopic (exact) mass is 250 g/mol. The first-order chi connectivity index (χ1) is 8.28. The summed E-state index contributed by atoms with van der Waals surface area (Å²) < 4.78 is 10.8. The molecular formula is C12H11ClN2O2. The van der Waals surface area contributed by atoms with Crippen LogP contribution < -0.4 is 9.47 Å². The lowest BCUT2D eigenvalue weighted by Crippen LogP contribution is -2.02. The molecular weight excluding hydrogens is 240 g/mol. The fourth-order valence-corrected chi connectivity index (χ4v) is 1.83. The van der Waals surface area contributed by atoms with E-state index in [0.29, 0.717) is 22.4 Å². The van der Waals surface area contributed by atoms with Crippen LogP contribution in [0.1, 0.15) is 12.8 Å². The molecule has 1 aromatic carbocycles. The topological polar surface area (TPSA) is 44.2 Å². The molecule has 0 unspecified atom stereocenters. The summed E-state index contributed by atoms with van der Waals surface area (Å²) in [5, 5.41) is 1.37. The summed E-state index contributed by atoms with van der Waals surface area (Å²) in [6.45, 7) is 0. The van der Waals surface area contributed by atoms with E-state index in [1.807, 2.05) is 12.1 Å². The maximum atomic E-state index is 6.11. The Morgan fingerprint density at radius 2 is 2.12 bits per heavy atom. The summed E-state index contributed by atoms with van der Waals surface area (Å²) in [6, 6.07) is 5.85. The van der Waals surface area contributed by atoms with Gasteiger partial charge in [0.25, 0.3) is 0 Å². The third kappa shape index (κ3) is 2.00. The van der Waals surface area contributed by atoms with Gasteiger partial charge < -0.3 is 9.47 Å². The Bertz CT molecular complexity index is 570. The van der Waals surface area contributed by atoms with Gasteiger partial charge in [0.1, 0.15) is 6.10 Å². The van der Waals surface area contributed by atoms with Crippen LogP contribution >= 0.6 is 11.6 Å². The Morgan fingerprint density at radius 1 is 1.29 bits per heavy atom. The van der Waals surface area contributed by atoms with Gasteiger partial charge in [-0.2, -0.15) is 9.97 Å². The third-order valence-corrected chi connectivity index (χ3v) is 2.92. The molecule has 1 aliphatic rings. The number of hydrogen-bond donors (Lipinski definition) is 0. The van der Waals surface area contributed by atoms with E-state index in [1.54, 1.807) is 13.2 Å². The summed E-state index contributed by atoms with van der Waals surface area (Å²) in [5.74, 6) is 0.494. The van der Waals surface area contributed by atoms with Crippen LogP contribution in [0.3, 0.4) is 0 Å². The number of ether oxygens (including phenoxy) is 2. The van der Waals surface area contributed by atoms with Crippen LogP contribution in [0.2, 0.25) is 5.02 Å². The van der Waals surface area contributed by atoms with Crippen LogP contribution in [-0.4, -0.2) is 23.2 Å². The van der Waals surface area contributed by atoms with Crippen molar-refractivity contribution in [3.05, 3.63) is 23.2 Å². The SMILES string of the molecule is COc1nc(OC2CC2)nc2c(Cl)cccc12. The van der Waals surface area contributed by atoms with Gasteiger partial charge >= 0.3 is 6.01 Å². The molecule has 0 aliphatic heterocycles.